The number of nitrogens with two attached hydrogens (primary N) is 1. The number of hydrogen-bond donors (Lipinski definition) is 2. The number of nitrogens with zero attached hydrogens (tertiary/aromatic N) is 2. The molecule has 2 aliphatic heterocycles. The fourth-order valence-electron chi connectivity index (χ4n) is 3.22. The van der Waals surface area contributed by atoms with Gasteiger partial charge >= 0.3 is 5.97 Å². The summed E-state index contributed by atoms with van der Waals surface area (Å²) >= 11 is 0. The first-order valence-electron chi connectivity index (χ1n) is 7.35. The van der Waals surface area contributed by atoms with Crippen molar-refractivity contribution in [3.63, 3.8) is 0 Å². The van der Waals surface area contributed by atoms with E-state index in [1.165, 1.54) is 0 Å². The van der Waals surface area contributed by atoms with Crippen LogP contribution in [0.1, 0.15) is 16.8 Å². The molecule has 1 atom stereocenters. The smallest absolute Gasteiger partial charge is 0.337 e. The van der Waals surface area contributed by atoms with Crippen molar-refractivity contribution in [2.24, 2.45) is 0 Å². The van der Waals surface area contributed by atoms with Crippen molar-refractivity contribution in [2.75, 3.05) is 50.0 Å². The monoisotopic (exact) mass is 291 g/mol. The fourth-order valence-corrected chi connectivity index (χ4v) is 3.22. The Labute approximate surface area is 124 Å². The van der Waals surface area contributed by atoms with Crippen molar-refractivity contribution in [2.45, 2.75) is 12.5 Å². The number of hydrogen-bond acceptors (Lipinski definition) is 5. The van der Waals surface area contributed by atoms with Crippen molar-refractivity contribution >= 4 is 17.3 Å². The molecule has 2 aliphatic rings. The Bertz CT molecular complexity index is 529. The van der Waals surface area contributed by atoms with Crippen LogP contribution >= 0.6 is 0 Å². The second kappa shape index (κ2) is 5.91. The van der Waals surface area contributed by atoms with E-state index in [4.69, 9.17) is 15.6 Å². The molecule has 0 saturated carbocycles. The van der Waals surface area contributed by atoms with Crippen molar-refractivity contribution in [1.82, 2.24) is 4.90 Å². The molecule has 0 spiro atoms. The highest BCUT2D eigenvalue weighted by Crippen LogP contribution is 2.30. The number of aromatic carboxylic acids is 1. The Balaban J connectivity index is 1.74. The molecule has 0 bridgehead atoms. The molecule has 2 fully saturated rings. The Hall–Kier alpha value is -1.79. The lowest BCUT2D eigenvalue weighted by molar-refractivity contribution is 0.0209. The summed E-state index contributed by atoms with van der Waals surface area (Å²) in [6, 6.07) is 5.72. The van der Waals surface area contributed by atoms with E-state index < -0.39 is 5.97 Å². The topological polar surface area (TPSA) is 79.0 Å². The van der Waals surface area contributed by atoms with Crippen LogP contribution in [0.3, 0.4) is 0 Å². The molecule has 2 heterocycles. The number of anilines is 2. The maximum Gasteiger partial charge on any atom is 0.337 e. The van der Waals surface area contributed by atoms with Gasteiger partial charge in [0.05, 0.1) is 30.2 Å². The third kappa shape index (κ3) is 2.82. The molecule has 21 heavy (non-hydrogen) atoms. The van der Waals surface area contributed by atoms with E-state index in [1.54, 1.807) is 12.1 Å². The molecule has 6 heteroatoms. The summed E-state index contributed by atoms with van der Waals surface area (Å²) in [4.78, 5) is 15.8. The highest BCUT2D eigenvalue weighted by molar-refractivity contribution is 5.97. The normalized spacial score (nSPS) is 23.4. The third-order valence-corrected chi connectivity index (χ3v) is 4.38. The van der Waals surface area contributed by atoms with Gasteiger partial charge in [0.15, 0.2) is 0 Å². The Morgan fingerprint density at radius 1 is 1.29 bits per heavy atom. The summed E-state index contributed by atoms with van der Waals surface area (Å²) in [6.07, 6.45) is 1.08. The Kier molecular flexibility index (Phi) is 3.98. The lowest BCUT2D eigenvalue weighted by atomic mass is 10.1. The molecule has 0 amide bonds. The zero-order valence-electron chi connectivity index (χ0n) is 12.0. The molecule has 1 aromatic rings. The molecule has 6 nitrogen and oxygen atoms in total. The summed E-state index contributed by atoms with van der Waals surface area (Å²) in [5.74, 6) is -0.974. The highest BCUT2D eigenvalue weighted by atomic mass is 16.5. The van der Waals surface area contributed by atoms with Gasteiger partial charge in [-0.2, -0.15) is 0 Å². The summed E-state index contributed by atoms with van der Waals surface area (Å²) in [5.41, 5.74) is 7.42. The van der Waals surface area contributed by atoms with Gasteiger partial charge in [0.2, 0.25) is 0 Å². The second-order valence-corrected chi connectivity index (χ2v) is 5.58. The predicted octanol–water partition coefficient (Wildman–Crippen LogP) is 0.878. The average molecular weight is 291 g/mol. The molecular weight excluding hydrogens is 270 g/mol. The minimum atomic E-state index is -0.974. The minimum Gasteiger partial charge on any atom is -0.478 e. The first kappa shape index (κ1) is 14.2. The Morgan fingerprint density at radius 2 is 2.05 bits per heavy atom. The van der Waals surface area contributed by atoms with Crippen LogP contribution in [0, 0.1) is 0 Å². The number of para-hydroxylation sites is 1. The largest absolute Gasteiger partial charge is 0.478 e. The SMILES string of the molecule is Nc1c(C(=O)O)cccc1N1CCC(N2CCOCC2)C1. The van der Waals surface area contributed by atoms with Crippen molar-refractivity contribution < 1.29 is 14.6 Å². The van der Waals surface area contributed by atoms with Gasteiger partial charge in [-0.15, -0.1) is 0 Å². The van der Waals surface area contributed by atoms with Gasteiger partial charge < -0.3 is 20.5 Å². The van der Waals surface area contributed by atoms with E-state index in [1.807, 2.05) is 6.07 Å². The van der Waals surface area contributed by atoms with Crippen LogP contribution in [-0.4, -0.2) is 61.4 Å². The Morgan fingerprint density at radius 3 is 2.76 bits per heavy atom. The van der Waals surface area contributed by atoms with Gasteiger partial charge in [-0.25, -0.2) is 4.79 Å². The second-order valence-electron chi connectivity index (χ2n) is 5.58. The van der Waals surface area contributed by atoms with E-state index in [9.17, 15) is 4.79 Å². The zero-order chi connectivity index (χ0) is 14.8. The van der Waals surface area contributed by atoms with Crippen LogP contribution in [0.4, 0.5) is 11.4 Å². The van der Waals surface area contributed by atoms with Crippen LogP contribution in [0.5, 0.6) is 0 Å². The first-order chi connectivity index (χ1) is 10.2. The molecule has 0 aliphatic carbocycles. The van der Waals surface area contributed by atoms with Gasteiger partial charge in [0, 0.05) is 32.2 Å². The average Bonchev–Trinajstić information content (AvgIpc) is 2.98. The van der Waals surface area contributed by atoms with Crippen LogP contribution in [0.25, 0.3) is 0 Å². The van der Waals surface area contributed by atoms with E-state index in [-0.39, 0.29) is 5.56 Å². The summed E-state index contributed by atoms with van der Waals surface area (Å²) in [6.45, 7) is 5.36. The number of carbonyl (C=O) groups is 1. The lowest BCUT2D eigenvalue weighted by Crippen LogP contribution is -2.44. The van der Waals surface area contributed by atoms with E-state index in [0.29, 0.717) is 11.7 Å². The highest BCUT2D eigenvalue weighted by Gasteiger charge is 2.30. The van der Waals surface area contributed by atoms with Crippen molar-refractivity contribution in [3.8, 4) is 0 Å². The van der Waals surface area contributed by atoms with Gasteiger partial charge in [-0.05, 0) is 18.6 Å². The number of ether oxygens (including phenoxy) is 1. The molecule has 3 rings (SSSR count). The number of carboxylic acids is 1. The maximum atomic E-state index is 11.2. The van der Waals surface area contributed by atoms with Gasteiger partial charge in [0.1, 0.15) is 0 Å². The van der Waals surface area contributed by atoms with E-state index in [0.717, 1.165) is 51.5 Å². The molecule has 114 valence electrons. The number of rotatable bonds is 3. The predicted molar refractivity (Wildman–Crippen MR) is 80.8 cm³/mol. The summed E-state index contributed by atoms with van der Waals surface area (Å²) < 4.78 is 5.39. The van der Waals surface area contributed by atoms with Crippen LogP contribution in [-0.2, 0) is 4.74 Å². The third-order valence-electron chi connectivity index (χ3n) is 4.38. The molecule has 2 saturated heterocycles. The zero-order valence-corrected chi connectivity index (χ0v) is 12.0. The quantitative estimate of drug-likeness (QED) is 0.805. The number of carboxylic acid groups (broad SMARTS) is 1. The van der Waals surface area contributed by atoms with Crippen LogP contribution in [0.2, 0.25) is 0 Å². The molecule has 3 N–H and O–H groups in total. The molecule has 0 aromatic heterocycles. The molecule has 1 unspecified atom stereocenters. The lowest BCUT2D eigenvalue weighted by Gasteiger charge is -2.32. The van der Waals surface area contributed by atoms with Gasteiger partial charge in [-0.1, -0.05) is 6.07 Å². The van der Waals surface area contributed by atoms with E-state index in [2.05, 4.69) is 9.80 Å². The van der Waals surface area contributed by atoms with Crippen LogP contribution in [0.15, 0.2) is 18.2 Å². The number of morpholine rings is 1. The van der Waals surface area contributed by atoms with Gasteiger partial charge in [0.25, 0.3) is 0 Å². The summed E-state index contributed by atoms with van der Waals surface area (Å²) in [5, 5.41) is 9.17. The summed E-state index contributed by atoms with van der Waals surface area (Å²) in [7, 11) is 0. The molecule has 1 aromatic carbocycles. The van der Waals surface area contributed by atoms with Crippen LogP contribution < -0.4 is 10.6 Å². The molecular formula is C15H21N3O3. The minimum absolute atomic E-state index is 0.183. The standard InChI is InChI=1S/C15H21N3O3/c16-14-12(15(19)20)2-1-3-13(14)18-5-4-11(10-18)17-6-8-21-9-7-17/h1-3,11H,4-10,16H2,(H,19,20). The molecule has 0 radical (unpaired) electrons. The number of benzene rings is 1. The van der Waals surface area contributed by atoms with Crippen molar-refractivity contribution in [3.05, 3.63) is 23.8 Å². The maximum absolute atomic E-state index is 11.2. The fraction of sp³-hybridized carbons (Fsp3) is 0.533. The first-order valence-corrected chi connectivity index (χ1v) is 7.35. The van der Waals surface area contributed by atoms with Crippen molar-refractivity contribution in [1.29, 1.82) is 0 Å². The number of nitrogen functional groups attached to an aromatic ring is 1. The van der Waals surface area contributed by atoms with E-state index >= 15 is 0 Å². The van der Waals surface area contributed by atoms with Gasteiger partial charge in [-0.3, -0.25) is 4.90 Å².